The molecule has 0 radical (unpaired) electrons. The van der Waals surface area contributed by atoms with E-state index in [9.17, 15) is 14.3 Å². The van der Waals surface area contributed by atoms with Gasteiger partial charge in [0.2, 0.25) is 5.91 Å². The van der Waals surface area contributed by atoms with Crippen molar-refractivity contribution in [3.63, 3.8) is 0 Å². The van der Waals surface area contributed by atoms with E-state index < -0.39 is 24.1 Å². The van der Waals surface area contributed by atoms with E-state index in [1.54, 1.807) is 29.3 Å². The van der Waals surface area contributed by atoms with Crippen molar-refractivity contribution in [2.45, 2.75) is 56.6 Å². The van der Waals surface area contributed by atoms with Gasteiger partial charge in [-0.25, -0.2) is 4.39 Å². The van der Waals surface area contributed by atoms with Crippen molar-refractivity contribution in [3.8, 4) is 5.75 Å². The average molecular weight is 540 g/mol. The second-order valence-corrected chi connectivity index (χ2v) is 10.9. The van der Waals surface area contributed by atoms with E-state index in [2.05, 4.69) is 4.90 Å². The number of carbonyl (C=O) groups excluding carboxylic acids is 1. The Morgan fingerprint density at radius 1 is 1.16 bits per heavy atom. The fourth-order valence-electron chi connectivity index (χ4n) is 5.65. The maximum absolute atomic E-state index is 13.8. The summed E-state index contributed by atoms with van der Waals surface area (Å²) in [5.74, 6) is -0.316. The highest BCUT2D eigenvalue weighted by atomic mass is 35.5. The van der Waals surface area contributed by atoms with Crippen LogP contribution in [0.3, 0.4) is 0 Å². The molecule has 1 saturated heterocycles. The number of ether oxygens (including phenoxy) is 1. The zero-order valence-corrected chi connectivity index (χ0v) is 21.7. The molecule has 3 N–H and O–H groups in total. The van der Waals surface area contributed by atoms with Crippen LogP contribution < -0.4 is 10.5 Å². The number of nitrogens with zero attached hydrogens (tertiary/aromatic N) is 2. The lowest BCUT2D eigenvalue weighted by Crippen LogP contribution is -2.52. The summed E-state index contributed by atoms with van der Waals surface area (Å²) in [6, 6.07) is 11.9. The Balaban J connectivity index is 1.36. The summed E-state index contributed by atoms with van der Waals surface area (Å²) >= 11 is 6.53. The molecule has 0 spiro atoms. The van der Waals surface area contributed by atoms with Crippen molar-refractivity contribution < 1.29 is 23.9 Å². The molecule has 3 aromatic rings. The number of rotatable bonds is 8. The normalized spacial score (nSPS) is 21.8. The Bertz CT molecular complexity index is 1360. The van der Waals surface area contributed by atoms with Crippen LogP contribution in [0.25, 0.3) is 10.8 Å². The van der Waals surface area contributed by atoms with Crippen LogP contribution in [-0.2, 0) is 16.2 Å². The number of hydrogen-bond acceptors (Lipinski definition) is 6. The lowest BCUT2D eigenvalue weighted by molar-refractivity contribution is -0.248. The number of primary amides is 1. The van der Waals surface area contributed by atoms with E-state index in [0.717, 1.165) is 55.1 Å². The van der Waals surface area contributed by atoms with Crippen LogP contribution >= 0.6 is 11.6 Å². The molecule has 1 aliphatic carbocycles. The molecule has 0 bridgehead atoms. The number of halogens is 2. The first-order chi connectivity index (χ1) is 18.4. The van der Waals surface area contributed by atoms with E-state index in [1.807, 2.05) is 12.1 Å². The Morgan fingerprint density at radius 3 is 2.66 bits per heavy atom. The van der Waals surface area contributed by atoms with Crippen molar-refractivity contribution in [1.29, 1.82) is 0 Å². The van der Waals surface area contributed by atoms with Gasteiger partial charge in [0.15, 0.2) is 0 Å². The molecule has 2 heterocycles. The fourth-order valence-corrected chi connectivity index (χ4v) is 5.88. The number of likely N-dealkylation sites (tertiary alicyclic amines) is 1. The second-order valence-electron chi connectivity index (χ2n) is 10.5. The quantitative estimate of drug-likeness (QED) is 0.433. The van der Waals surface area contributed by atoms with Crippen LogP contribution in [0.4, 0.5) is 4.39 Å². The average Bonchev–Trinajstić information content (AvgIpc) is 3.57. The molecule has 3 aromatic carbocycles. The molecule has 3 aliphatic rings. The zero-order chi connectivity index (χ0) is 26.4. The van der Waals surface area contributed by atoms with Gasteiger partial charge in [0.1, 0.15) is 17.6 Å². The molecular weight excluding hydrogens is 509 g/mol. The smallest absolute Gasteiger partial charge is 0.241 e. The maximum Gasteiger partial charge on any atom is 0.241 e. The molecule has 0 aromatic heterocycles. The highest BCUT2D eigenvalue weighted by Gasteiger charge is 2.42. The number of carbonyl (C=O) groups is 1. The van der Waals surface area contributed by atoms with Crippen molar-refractivity contribution in [2.24, 2.45) is 5.73 Å². The van der Waals surface area contributed by atoms with Crippen LogP contribution in [-0.4, -0.2) is 52.8 Å². The van der Waals surface area contributed by atoms with Crippen molar-refractivity contribution in [2.75, 3.05) is 19.6 Å². The molecular formula is C29H31ClFN3O4. The van der Waals surface area contributed by atoms with Gasteiger partial charge in [0, 0.05) is 6.54 Å². The number of aliphatic hydroxyl groups excluding tert-OH is 1. The minimum absolute atomic E-state index is 0.167. The van der Waals surface area contributed by atoms with Crippen LogP contribution in [0.5, 0.6) is 5.75 Å². The van der Waals surface area contributed by atoms with Gasteiger partial charge in [-0.1, -0.05) is 35.9 Å². The van der Waals surface area contributed by atoms with Gasteiger partial charge in [0.05, 0.1) is 29.9 Å². The summed E-state index contributed by atoms with van der Waals surface area (Å²) in [4.78, 5) is 21.4. The van der Waals surface area contributed by atoms with Gasteiger partial charge in [-0.3, -0.25) is 9.63 Å². The van der Waals surface area contributed by atoms with Gasteiger partial charge in [-0.2, -0.15) is 5.06 Å². The predicted molar refractivity (Wildman–Crippen MR) is 142 cm³/mol. The molecule has 1 unspecified atom stereocenters. The largest absolute Gasteiger partial charge is 0.489 e. The van der Waals surface area contributed by atoms with Crippen molar-refractivity contribution in [1.82, 2.24) is 9.96 Å². The number of hydroxylamine groups is 2. The molecule has 2 fully saturated rings. The first kappa shape index (κ1) is 25.5. The molecule has 6 rings (SSSR count). The number of hydrogen-bond donors (Lipinski definition) is 2. The van der Waals surface area contributed by atoms with E-state index in [4.69, 9.17) is 26.9 Å². The summed E-state index contributed by atoms with van der Waals surface area (Å²) in [6.45, 7) is 2.46. The van der Waals surface area contributed by atoms with Crippen LogP contribution in [0, 0.1) is 5.82 Å². The molecule has 9 heteroatoms. The molecule has 7 nitrogen and oxygen atoms in total. The summed E-state index contributed by atoms with van der Waals surface area (Å²) < 4.78 is 19.7. The molecule has 38 heavy (non-hydrogen) atoms. The van der Waals surface area contributed by atoms with Crippen LogP contribution in [0.2, 0.25) is 5.02 Å². The van der Waals surface area contributed by atoms with Crippen molar-refractivity contribution >= 4 is 28.3 Å². The molecule has 200 valence electrons. The first-order valence-electron chi connectivity index (χ1n) is 13.2. The first-order valence-corrected chi connectivity index (χ1v) is 13.5. The zero-order valence-electron chi connectivity index (χ0n) is 21.0. The molecule has 3 atom stereocenters. The van der Waals surface area contributed by atoms with Crippen molar-refractivity contribution in [3.05, 3.63) is 76.1 Å². The van der Waals surface area contributed by atoms with E-state index >= 15 is 0 Å². The summed E-state index contributed by atoms with van der Waals surface area (Å²) in [7, 11) is 0. The van der Waals surface area contributed by atoms with Crippen LogP contribution in [0.1, 0.15) is 54.5 Å². The number of aliphatic hydroxyl groups is 1. The number of benzene rings is 3. The Hall–Kier alpha value is -2.75. The monoisotopic (exact) mass is 539 g/mol. The Kier molecular flexibility index (Phi) is 7.01. The Morgan fingerprint density at radius 2 is 1.95 bits per heavy atom. The van der Waals surface area contributed by atoms with Gasteiger partial charge in [0.25, 0.3) is 0 Å². The topological polar surface area (TPSA) is 88.3 Å². The SMILES string of the molecule is NC(=O)C1c2ccc3cc(F)ccc3c2CON1[C@H](CN1CCCC1)[C@H](O)c1ccc(OC2CC2)c(Cl)c1. The minimum atomic E-state index is -1.01. The summed E-state index contributed by atoms with van der Waals surface area (Å²) in [5.41, 5.74) is 8.07. The van der Waals surface area contributed by atoms with Gasteiger partial charge in [-0.05, 0) is 90.5 Å². The highest BCUT2D eigenvalue weighted by Crippen LogP contribution is 2.40. The lowest BCUT2D eigenvalue weighted by Gasteiger charge is -2.43. The number of amides is 1. The predicted octanol–water partition coefficient (Wildman–Crippen LogP) is 4.65. The standard InChI is InChI=1S/C29H31ClFN3O4/c30-24-14-18(4-10-26(24)38-20-6-7-20)28(35)25(15-33-11-1-2-12-33)34-27(29(32)36)22-8-3-17-13-19(31)5-9-21(17)23(22)16-37-34/h3-5,8-10,13-14,20,25,27-28,35H,1-2,6-7,11-12,15-16H2,(H2,32,36)/t25-,27?,28-/m1/s1. The van der Waals surface area contributed by atoms with E-state index in [0.29, 0.717) is 28.4 Å². The van der Waals surface area contributed by atoms with Crippen LogP contribution in [0.15, 0.2) is 48.5 Å². The second kappa shape index (κ2) is 10.4. The number of nitrogens with two attached hydrogens (primary N) is 1. The lowest BCUT2D eigenvalue weighted by atomic mass is 9.91. The van der Waals surface area contributed by atoms with Gasteiger partial charge in [-0.15, -0.1) is 0 Å². The van der Waals surface area contributed by atoms with Gasteiger partial charge >= 0.3 is 0 Å². The molecule has 1 saturated carbocycles. The van der Waals surface area contributed by atoms with Gasteiger partial charge < -0.3 is 20.5 Å². The summed E-state index contributed by atoms with van der Waals surface area (Å²) in [6.07, 6.45) is 3.38. The summed E-state index contributed by atoms with van der Waals surface area (Å²) in [5, 5.41) is 15.2. The van der Waals surface area contributed by atoms with E-state index in [-0.39, 0.29) is 18.5 Å². The third kappa shape index (κ3) is 4.99. The van der Waals surface area contributed by atoms with E-state index in [1.165, 1.54) is 12.1 Å². The minimum Gasteiger partial charge on any atom is -0.489 e. The molecule has 1 amide bonds. The Labute approximate surface area is 225 Å². The third-order valence-electron chi connectivity index (χ3n) is 7.76. The number of fused-ring (bicyclic) bond motifs is 3. The third-order valence-corrected chi connectivity index (χ3v) is 8.05. The molecule has 2 aliphatic heterocycles. The maximum atomic E-state index is 13.8. The highest BCUT2D eigenvalue weighted by molar-refractivity contribution is 6.32. The fraction of sp³-hybridized carbons (Fsp3) is 0.414.